The molecular formula is C14H23N3O7. The van der Waals surface area contributed by atoms with Crippen molar-refractivity contribution in [1.82, 2.24) is 10.6 Å². The van der Waals surface area contributed by atoms with E-state index in [0.29, 0.717) is 0 Å². The Hall–Kier alpha value is -2.65. The second-order valence-electron chi connectivity index (χ2n) is 5.18. The molecule has 10 nitrogen and oxygen atoms in total. The number of carbonyl (C=O) groups excluding carboxylic acids is 3. The Labute approximate surface area is 138 Å². The Kier molecular flexibility index (Phi) is 9.76. The fourth-order valence-electron chi connectivity index (χ4n) is 1.84. The van der Waals surface area contributed by atoms with Gasteiger partial charge in [-0.05, 0) is 19.3 Å². The first-order valence-electron chi connectivity index (χ1n) is 7.50. The molecule has 24 heavy (non-hydrogen) atoms. The van der Waals surface area contributed by atoms with E-state index in [2.05, 4.69) is 10.6 Å². The molecule has 1 unspecified atom stereocenters. The van der Waals surface area contributed by atoms with E-state index in [1.165, 1.54) is 0 Å². The number of urea groups is 1. The van der Waals surface area contributed by atoms with Crippen LogP contribution in [0.15, 0.2) is 0 Å². The summed E-state index contributed by atoms with van der Waals surface area (Å²) in [7, 11) is 0. The van der Waals surface area contributed by atoms with Gasteiger partial charge in [0.05, 0.1) is 0 Å². The smallest absolute Gasteiger partial charge is 0.326 e. The lowest BCUT2D eigenvalue weighted by Crippen LogP contribution is -2.52. The molecule has 0 aliphatic carbocycles. The average Bonchev–Trinajstić information content (AvgIpc) is 2.49. The summed E-state index contributed by atoms with van der Waals surface area (Å²) in [5, 5.41) is 22.0. The van der Waals surface area contributed by atoms with Crippen molar-refractivity contribution < 1.29 is 34.2 Å². The monoisotopic (exact) mass is 345 g/mol. The number of aliphatic carboxylic acids is 2. The first-order valence-corrected chi connectivity index (χ1v) is 7.50. The average molecular weight is 345 g/mol. The molecule has 0 spiro atoms. The predicted molar refractivity (Wildman–Crippen MR) is 82.1 cm³/mol. The summed E-state index contributed by atoms with van der Waals surface area (Å²) < 4.78 is 0. The standard InChI is InChI=1S/C14H23N3O7/c1-2-8(18)6-7-10(13(22)23)17-14(24)16-9(12(15)21)4-3-5-11(19)20/h9-10H,2-7H2,1H3,(H2,15,21)(H,19,20)(H,22,23)(H2,16,17,24)/t9?,10-/m0/s1. The predicted octanol–water partition coefficient (Wildman–Crippen LogP) is -0.393. The van der Waals surface area contributed by atoms with Crippen LogP contribution in [-0.4, -0.2) is 52.0 Å². The molecule has 0 aromatic carbocycles. The van der Waals surface area contributed by atoms with Gasteiger partial charge < -0.3 is 26.6 Å². The maximum atomic E-state index is 11.8. The number of hydrogen-bond acceptors (Lipinski definition) is 5. The number of Topliss-reactive ketones (excluding diaryl/α,β-unsaturated/α-hetero) is 1. The van der Waals surface area contributed by atoms with E-state index in [1.54, 1.807) is 6.92 Å². The van der Waals surface area contributed by atoms with Gasteiger partial charge in [0.1, 0.15) is 17.9 Å². The van der Waals surface area contributed by atoms with Gasteiger partial charge in [0.25, 0.3) is 0 Å². The van der Waals surface area contributed by atoms with Gasteiger partial charge in [0.15, 0.2) is 0 Å². The van der Waals surface area contributed by atoms with Gasteiger partial charge in [0.2, 0.25) is 5.91 Å². The van der Waals surface area contributed by atoms with Gasteiger partial charge in [-0.15, -0.1) is 0 Å². The maximum absolute atomic E-state index is 11.8. The Bertz CT molecular complexity index is 493. The molecule has 0 aliphatic heterocycles. The fourth-order valence-corrected chi connectivity index (χ4v) is 1.84. The largest absolute Gasteiger partial charge is 0.481 e. The van der Waals surface area contributed by atoms with Crippen LogP contribution in [0.4, 0.5) is 4.79 Å². The van der Waals surface area contributed by atoms with Gasteiger partial charge in [0, 0.05) is 19.3 Å². The summed E-state index contributed by atoms with van der Waals surface area (Å²) in [4.78, 5) is 55.8. The first kappa shape index (κ1) is 21.4. The molecule has 0 aromatic rings. The SMILES string of the molecule is CCC(=O)CC[C@H](NC(=O)NC(CCCC(=O)O)C(N)=O)C(=O)O. The Morgan fingerprint density at radius 2 is 1.54 bits per heavy atom. The van der Waals surface area contributed by atoms with E-state index in [1.807, 2.05) is 0 Å². The summed E-state index contributed by atoms with van der Waals surface area (Å²) >= 11 is 0. The molecule has 3 amide bonds. The summed E-state index contributed by atoms with van der Waals surface area (Å²) in [6, 6.07) is -3.32. The molecule has 6 N–H and O–H groups in total. The fraction of sp³-hybridized carbons (Fsp3) is 0.643. The van der Waals surface area contributed by atoms with Crippen molar-refractivity contribution in [1.29, 1.82) is 0 Å². The molecule has 0 saturated heterocycles. The Morgan fingerprint density at radius 3 is 2.00 bits per heavy atom. The summed E-state index contributed by atoms with van der Waals surface area (Å²) in [6.45, 7) is 1.65. The van der Waals surface area contributed by atoms with Crippen LogP contribution >= 0.6 is 0 Å². The number of carboxylic acids is 2. The molecule has 0 aromatic heterocycles. The zero-order valence-electron chi connectivity index (χ0n) is 13.4. The van der Waals surface area contributed by atoms with E-state index in [9.17, 15) is 24.0 Å². The molecular weight excluding hydrogens is 322 g/mol. The second-order valence-corrected chi connectivity index (χ2v) is 5.18. The van der Waals surface area contributed by atoms with Crippen LogP contribution in [0.3, 0.4) is 0 Å². The molecule has 136 valence electrons. The Morgan fingerprint density at radius 1 is 0.958 bits per heavy atom. The lowest BCUT2D eigenvalue weighted by atomic mass is 10.1. The third kappa shape index (κ3) is 9.38. The summed E-state index contributed by atoms with van der Waals surface area (Å²) in [5.41, 5.74) is 5.12. The van der Waals surface area contributed by atoms with Crippen LogP contribution in [0.1, 0.15) is 45.4 Å². The van der Waals surface area contributed by atoms with Crippen molar-refractivity contribution in [3.63, 3.8) is 0 Å². The topological polar surface area (TPSA) is 176 Å². The van der Waals surface area contributed by atoms with Crippen LogP contribution in [0, 0.1) is 0 Å². The molecule has 0 saturated carbocycles. The summed E-state index contributed by atoms with van der Waals surface area (Å²) in [5.74, 6) is -3.35. The highest BCUT2D eigenvalue weighted by molar-refractivity contribution is 5.88. The number of nitrogens with one attached hydrogen (secondary N) is 2. The van der Waals surface area contributed by atoms with Crippen LogP contribution in [-0.2, 0) is 19.2 Å². The highest BCUT2D eigenvalue weighted by Gasteiger charge is 2.23. The van der Waals surface area contributed by atoms with Gasteiger partial charge in [-0.1, -0.05) is 6.92 Å². The van der Waals surface area contributed by atoms with Crippen LogP contribution < -0.4 is 16.4 Å². The number of carboxylic acid groups (broad SMARTS) is 2. The van der Waals surface area contributed by atoms with Crippen molar-refractivity contribution in [3.8, 4) is 0 Å². The number of nitrogens with two attached hydrogens (primary N) is 1. The highest BCUT2D eigenvalue weighted by atomic mass is 16.4. The van der Waals surface area contributed by atoms with Crippen LogP contribution in [0.25, 0.3) is 0 Å². The summed E-state index contributed by atoms with van der Waals surface area (Å²) in [6.07, 6.45) is 0.148. The molecule has 0 aliphatic rings. The second kappa shape index (κ2) is 11.0. The lowest BCUT2D eigenvalue weighted by molar-refractivity contribution is -0.139. The van der Waals surface area contributed by atoms with Crippen LogP contribution in [0.2, 0.25) is 0 Å². The Balaban J connectivity index is 4.55. The maximum Gasteiger partial charge on any atom is 0.326 e. The van der Waals surface area contributed by atoms with Crippen LogP contribution in [0.5, 0.6) is 0 Å². The number of ketones is 1. The normalized spacial score (nSPS) is 12.7. The minimum atomic E-state index is -1.31. The zero-order chi connectivity index (χ0) is 18.7. The number of primary amides is 1. The third-order valence-electron chi connectivity index (χ3n) is 3.24. The van der Waals surface area contributed by atoms with Crippen molar-refractivity contribution in [2.24, 2.45) is 5.73 Å². The van der Waals surface area contributed by atoms with Crippen molar-refractivity contribution in [2.45, 2.75) is 57.5 Å². The molecule has 0 heterocycles. The minimum absolute atomic E-state index is 0.00556. The van der Waals surface area contributed by atoms with Crippen molar-refractivity contribution in [2.75, 3.05) is 0 Å². The van der Waals surface area contributed by atoms with Gasteiger partial charge in [-0.25, -0.2) is 9.59 Å². The van der Waals surface area contributed by atoms with Gasteiger partial charge in [-0.2, -0.15) is 0 Å². The first-order chi connectivity index (χ1) is 11.2. The third-order valence-corrected chi connectivity index (χ3v) is 3.24. The van der Waals surface area contributed by atoms with E-state index in [4.69, 9.17) is 15.9 Å². The highest BCUT2D eigenvalue weighted by Crippen LogP contribution is 2.03. The molecule has 2 atom stereocenters. The van der Waals surface area contributed by atoms with E-state index in [-0.39, 0.29) is 44.3 Å². The number of rotatable bonds is 12. The number of carbonyl (C=O) groups is 5. The zero-order valence-corrected chi connectivity index (χ0v) is 13.4. The molecule has 0 radical (unpaired) electrons. The van der Waals surface area contributed by atoms with Crippen molar-refractivity contribution >= 4 is 29.7 Å². The lowest BCUT2D eigenvalue weighted by Gasteiger charge is -2.18. The quantitative estimate of drug-likeness (QED) is 0.320. The molecule has 0 bridgehead atoms. The van der Waals surface area contributed by atoms with Gasteiger partial charge >= 0.3 is 18.0 Å². The molecule has 0 rings (SSSR count). The minimum Gasteiger partial charge on any atom is -0.481 e. The van der Waals surface area contributed by atoms with E-state index < -0.39 is 36.0 Å². The number of amides is 3. The van der Waals surface area contributed by atoms with E-state index >= 15 is 0 Å². The van der Waals surface area contributed by atoms with E-state index in [0.717, 1.165) is 0 Å². The number of hydrogen-bond donors (Lipinski definition) is 5. The molecule has 0 fully saturated rings. The molecule has 10 heteroatoms. The van der Waals surface area contributed by atoms with Gasteiger partial charge in [-0.3, -0.25) is 14.4 Å². The van der Waals surface area contributed by atoms with Crippen molar-refractivity contribution in [3.05, 3.63) is 0 Å².